The Morgan fingerprint density at radius 2 is 2.42 bits per heavy atom. The molecule has 4 heteroatoms. The number of pyridine rings is 1. The van der Waals surface area contributed by atoms with Gasteiger partial charge in [-0.25, -0.2) is 4.98 Å². The van der Waals surface area contributed by atoms with Gasteiger partial charge in [-0.05, 0) is 56.6 Å². The first-order valence-corrected chi connectivity index (χ1v) is 5.59. The summed E-state index contributed by atoms with van der Waals surface area (Å²) in [5.74, 6) is 0. The standard InChI is InChI=1S/C8H10BrIN2/c1-2-6(11)5-3-4-12-8(9)7(5)10/h3-4,6H,2,11H2,1H3/t6-/m1/s1. The molecular formula is C8H10BrIN2. The molecular weight excluding hydrogens is 331 g/mol. The topological polar surface area (TPSA) is 38.9 Å². The minimum atomic E-state index is 0.121. The fraction of sp³-hybridized carbons (Fsp3) is 0.375. The molecule has 1 aromatic heterocycles. The first kappa shape index (κ1) is 10.4. The summed E-state index contributed by atoms with van der Waals surface area (Å²) in [5.41, 5.74) is 7.08. The van der Waals surface area contributed by atoms with Crippen molar-refractivity contribution in [2.45, 2.75) is 19.4 Å². The van der Waals surface area contributed by atoms with Crippen molar-refractivity contribution in [1.82, 2.24) is 4.98 Å². The van der Waals surface area contributed by atoms with Crippen LogP contribution in [-0.2, 0) is 0 Å². The van der Waals surface area contributed by atoms with Crippen molar-refractivity contribution in [3.05, 3.63) is 26.0 Å². The zero-order chi connectivity index (χ0) is 9.14. The lowest BCUT2D eigenvalue weighted by Crippen LogP contribution is -2.10. The molecule has 0 saturated carbocycles. The van der Waals surface area contributed by atoms with Crippen LogP contribution in [0, 0.1) is 3.57 Å². The van der Waals surface area contributed by atoms with Crippen LogP contribution in [0.3, 0.4) is 0 Å². The molecule has 66 valence electrons. The maximum absolute atomic E-state index is 5.91. The number of hydrogen-bond acceptors (Lipinski definition) is 2. The molecule has 1 atom stereocenters. The fourth-order valence-electron chi connectivity index (χ4n) is 0.938. The van der Waals surface area contributed by atoms with Crippen molar-refractivity contribution >= 4 is 38.5 Å². The van der Waals surface area contributed by atoms with Crippen molar-refractivity contribution in [3.63, 3.8) is 0 Å². The summed E-state index contributed by atoms with van der Waals surface area (Å²) in [5, 5.41) is 0. The van der Waals surface area contributed by atoms with E-state index in [2.05, 4.69) is 50.4 Å². The molecule has 0 aliphatic rings. The number of nitrogens with two attached hydrogens (primary N) is 1. The van der Waals surface area contributed by atoms with Crippen molar-refractivity contribution in [2.75, 3.05) is 0 Å². The average Bonchev–Trinajstić information content (AvgIpc) is 2.08. The van der Waals surface area contributed by atoms with E-state index in [1.54, 1.807) is 6.20 Å². The molecule has 0 aliphatic heterocycles. The molecule has 0 saturated heterocycles. The van der Waals surface area contributed by atoms with Gasteiger partial charge in [0.05, 0.1) is 3.57 Å². The number of halogens is 2. The van der Waals surface area contributed by atoms with Crippen LogP contribution in [0.25, 0.3) is 0 Å². The largest absolute Gasteiger partial charge is 0.324 e. The van der Waals surface area contributed by atoms with E-state index < -0.39 is 0 Å². The van der Waals surface area contributed by atoms with Gasteiger partial charge < -0.3 is 5.73 Å². The molecule has 0 aromatic carbocycles. The molecule has 2 N–H and O–H groups in total. The number of aromatic nitrogens is 1. The Bertz CT molecular complexity index is 278. The number of hydrogen-bond donors (Lipinski definition) is 1. The van der Waals surface area contributed by atoms with Crippen LogP contribution in [0.2, 0.25) is 0 Å². The second-order valence-corrected chi connectivity index (χ2v) is 4.35. The zero-order valence-electron chi connectivity index (χ0n) is 6.72. The highest BCUT2D eigenvalue weighted by atomic mass is 127. The first-order valence-electron chi connectivity index (χ1n) is 3.72. The van der Waals surface area contributed by atoms with Crippen LogP contribution in [0.15, 0.2) is 16.9 Å². The molecule has 0 aliphatic carbocycles. The lowest BCUT2D eigenvalue weighted by Gasteiger charge is -2.11. The van der Waals surface area contributed by atoms with Gasteiger partial charge in [-0.2, -0.15) is 0 Å². The van der Waals surface area contributed by atoms with E-state index in [1.807, 2.05) is 6.07 Å². The Hall–Kier alpha value is 0.320. The third-order valence-corrected chi connectivity index (χ3v) is 4.19. The van der Waals surface area contributed by atoms with Crippen molar-refractivity contribution < 1.29 is 0 Å². The summed E-state index contributed by atoms with van der Waals surface area (Å²) < 4.78 is 1.99. The summed E-state index contributed by atoms with van der Waals surface area (Å²) >= 11 is 5.62. The van der Waals surface area contributed by atoms with E-state index in [4.69, 9.17) is 5.73 Å². The minimum absolute atomic E-state index is 0.121. The molecule has 0 unspecified atom stereocenters. The van der Waals surface area contributed by atoms with Crippen LogP contribution < -0.4 is 5.73 Å². The summed E-state index contributed by atoms with van der Waals surface area (Å²) in [4.78, 5) is 4.11. The molecule has 12 heavy (non-hydrogen) atoms. The number of rotatable bonds is 2. The molecule has 1 heterocycles. The maximum Gasteiger partial charge on any atom is 0.119 e. The Balaban J connectivity index is 3.07. The average molecular weight is 341 g/mol. The van der Waals surface area contributed by atoms with Crippen molar-refractivity contribution in [1.29, 1.82) is 0 Å². The SMILES string of the molecule is CC[C@@H](N)c1ccnc(Br)c1I. The Labute approximate surface area is 94.2 Å². The summed E-state index contributed by atoms with van der Waals surface area (Å²) in [6, 6.07) is 2.09. The molecule has 0 spiro atoms. The minimum Gasteiger partial charge on any atom is -0.324 e. The number of nitrogens with zero attached hydrogens (tertiary/aromatic N) is 1. The third-order valence-electron chi connectivity index (χ3n) is 1.72. The predicted molar refractivity (Wildman–Crippen MR) is 61.9 cm³/mol. The second kappa shape index (κ2) is 4.53. The van der Waals surface area contributed by atoms with E-state index in [0.29, 0.717) is 0 Å². The van der Waals surface area contributed by atoms with E-state index in [0.717, 1.165) is 14.6 Å². The Kier molecular flexibility index (Phi) is 3.92. The van der Waals surface area contributed by atoms with E-state index in [1.165, 1.54) is 5.56 Å². The van der Waals surface area contributed by atoms with E-state index in [9.17, 15) is 0 Å². The lowest BCUT2D eigenvalue weighted by molar-refractivity contribution is 0.692. The summed E-state index contributed by atoms with van der Waals surface area (Å²) in [6.07, 6.45) is 2.73. The summed E-state index contributed by atoms with van der Waals surface area (Å²) in [6.45, 7) is 2.08. The molecule has 0 bridgehead atoms. The van der Waals surface area contributed by atoms with Gasteiger partial charge in [-0.1, -0.05) is 6.92 Å². The monoisotopic (exact) mass is 340 g/mol. The van der Waals surface area contributed by atoms with Gasteiger partial charge in [0.1, 0.15) is 4.60 Å². The lowest BCUT2D eigenvalue weighted by atomic mass is 10.1. The second-order valence-electron chi connectivity index (χ2n) is 2.52. The quantitative estimate of drug-likeness (QED) is 0.664. The summed E-state index contributed by atoms with van der Waals surface area (Å²) in [7, 11) is 0. The third kappa shape index (κ3) is 2.17. The van der Waals surface area contributed by atoms with Crippen molar-refractivity contribution in [3.8, 4) is 0 Å². The highest BCUT2D eigenvalue weighted by Gasteiger charge is 2.09. The van der Waals surface area contributed by atoms with Gasteiger partial charge in [-0.15, -0.1) is 0 Å². The van der Waals surface area contributed by atoms with Crippen LogP contribution in [0.4, 0.5) is 0 Å². The highest BCUT2D eigenvalue weighted by Crippen LogP contribution is 2.25. The molecule has 2 nitrogen and oxygen atoms in total. The molecule has 0 fully saturated rings. The normalized spacial score (nSPS) is 13.0. The van der Waals surface area contributed by atoms with Crippen LogP contribution in [0.5, 0.6) is 0 Å². The van der Waals surface area contributed by atoms with Gasteiger partial charge in [0, 0.05) is 12.2 Å². The van der Waals surface area contributed by atoms with Crippen LogP contribution in [-0.4, -0.2) is 4.98 Å². The predicted octanol–water partition coefficient (Wildman–Crippen LogP) is 2.86. The Morgan fingerprint density at radius 3 is 3.00 bits per heavy atom. The van der Waals surface area contributed by atoms with E-state index >= 15 is 0 Å². The highest BCUT2D eigenvalue weighted by molar-refractivity contribution is 14.1. The van der Waals surface area contributed by atoms with Gasteiger partial charge in [-0.3, -0.25) is 0 Å². The molecule has 1 aromatic rings. The molecule has 0 amide bonds. The van der Waals surface area contributed by atoms with Crippen molar-refractivity contribution in [2.24, 2.45) is 5.73 Å². The Morgan fingerprint density at radius 1 is 1.75 bits per heavy atom. The maximum atomic E-state index is 5.91. The van der Waals surface area contributed by atoms with Gasteiger partial charge in [0.2, 0.25) is 0 Å². The van der Waals surface area contributed by atoms with E-state index in [-0.39, 0.29) is 6.04 Å². The smallest absolute Gasteiger partial charge is 0.119 e. The van der Waals surface area contributed by atoms with Gasteiger partial charge >= 0.3 is 0 Å². The first-order chi connectivity index (χ1) is 5.66. The zero-order valence-corrected chi connectivity index (χ0v) is 10.5. The van der Waals surface area contributed by atoms with Crippen LogP contribution in [0.1, 0.15) is 24.9 Å². The molecule has 0 radical (unpaired) electrons. The van der Waals surface area contributed by atoms with Crippen LogP contribution >= 0.6 is 38.5 Å². The molecule has 1 rings (SSSR count). The van der Waals surface area contributed by atoms with Gasteiger partial charge in [0.15, 0.2) is 0 Å². The van der Waals surface area contributed by atoms with Gasteiger partial charge in [0.25, 0.3) is 0 Å². The fourth-order valence-corrected chi connectivity index (χ4v) is 2.00.